The van der Waals surface area contributed by atoms with E-state index in [1.54, 1.807) is 0 Å². The van der Waals surface area contributed by atoms with E-state index in [-0.39, 0.29) is 5.75 Å². The van der Waals surface area contributed by atoms with E-state index >= 15 is 0 Å². The summed E-state index contributed by atoms with van der Waals surface area (Å²) in [4.78, 5) is 0. The van der Waals surface area contributed by atoms with Gasteiger partial charge in [0.1, 0.15) is 0 Å². The van der Waals surface area contributed by atoms with Crippen LogP contribution >= 0.6 is 0 Å². The van der Waals surface area contributed by atoms with Crippen LogP contribution in [0.5, 0.6) is 5.75 Å². The summed E-state index contributed by atoms with van der Waals surface area (Å²) in [6, 6.07) is 2.60. The van der Waals surface area contributed by atoms with Crippen LogP contribution in [0.2, 0.25) is 0 Å². The second-order valence-corrected chi connectivity index (χ2v) is 4.54. The quantitative estimate of drug-likeness (QED) is 0.860. The molecule has 1 aliphatic carbocycles. The first-order chi connectivity index (χ1) is 8.20. The number of rotatable bonds is 5. The molecule has 0 aromatic heterocycles. The van der Waals surface area contributed by atoms with E-state index in [1.165, 1.54) is 18.6 Å². The topological polar surface area (TPSA) is 35.2 Å². The van der Waals surface area contributed by atoms with Gasteiger partial charge in [-0.25, -0.2) is 8.78 Å². The Morgan fingerprint density at radius 2 is 1.88 bits per heavy atom. The van der Waals surface area contributed by atoms with Crippen LogP contribution in [-0.2, 0) is 6.42 Å². The summed E-state index contributed by atoms with van der Waals surface area (Å²) < 4.78 is 32.4. The molecule has 0 aliphatic heterocycles. The molecule has 1 fully saturated rings. The number of hydrogen-bond acceptors (Lipinski definition) is 2. The van der Waals surface area contributed by atoms with Crippen LogP contribution in [0.4, 0.5) is 8.78 Å². The van der Waals surface area contributed by atoms with Gasteiger partial charge in [-0.15, -0.1) is 0 Å². The highest BCUT2D eigenvalue weighted by Crippen LogP contribution is 2.29. The van der Waals surface area contributed by atoms with Gasteiger partial charge < -0.3 is 10.5 Å². The lowest BCUT2D eigenvalue weighted by molar-refractivity contribution is 0.170. The maximum atomic E-state index is 13.6. The van der Waals surface area contributed by atoms with Gasteiger partial charge in [0, 0.05) is 0 Å². The van der Waals surface area contributed by atoms with Crippen molar-refractivity contribution in [2.75, 3.05) is 13.2 Å². The summed E-state index contributed by atoms with van der Waals surface area (Å²) in [5.74, 6) is -1.06. The average molecular weight is 241 g/mol. The molecule has 0 unspecified atom stereocenters. The number of ether oxygens (including phenoxy) is 1. The van der Waals surface area contributed by atoms with Crippen LogP contribution in [0.1, 0.15) is 24.8 Å². The van der Waals surface area contributed by atoms with E-state index in [9.17, 15) is 8.78 Å². The van der Waals surface area contributed by atoms with E-state index < -0.39 is 11.6 Å². The zero-order valence-electron chi connectivity index (χ0n) is 9.72. The molecule has 1 aromatic carbocycles. The zero-order chi connectivity index (χ0) is 12.3. The first kappa shape index (κ1) is 12.3. The monoisotopic (exact) mass is 241 g/mol. The van der Waals surface area contributed by atoms with Gasteiger partial charge in [0.25, 0.3) is 0 Å². The Kier molecular flexibility index (Phi) is 3.94. The van der Waals surface area contributed by atoms with Crippen LogP contribution in [0.3, 0.4) is 0 Å². The van der Waals surface area contributed by atoms with Crippen molar-refractivity contribution in [3.63, 3.8) is 0 Å². The normalized spacial score (nSPS) is 15.7. The Bertz CT molecular complexity index is 368. The van der Waals surface area contributed by atoms with Crippen LogP contribution in [-0.4, -0.2) is 13.2 Å². The molecule has 0 spiro atoms. The van der Waals surface area contributed by atoms with Crippen molar-refractivity contribution in [1.29, 1.82) is 0 Å². The number of hydrogen-bond donors (Lipinski definition) is 1. The summed E-state index contributed by atoms with van der Waals surface area (Å²) in [5, 5.41) is 0. The molecular weight excluding hydrogens is 224 g/mol. The van der Waals surface area contributed by atoms with Crippen LogP contribution in [0, 0.1) is 17.6 Å². The second kappa shape index (κ2) is 5.45. The number of nitrogens with two attached hydrogens (primary N) is 1. The lowest BCUT2D eigenvalue weighted by Crippen LogP contribution is -2.20. The summed E-state index contributed by atoms with van der Waals surface area (Å²) in [7, 11) is 0. The van der Waals surface area contributed by atoms with Crippen molar-refractivity contribution in [1.82, 2.24) is 0 Å². The summed E-state index contributed by atoms with van der Waals surface area (Å²) in [6.45, 7) is 0.783. The standard InChI is InChI=1S/C13H17F2NO/c14-11-6-10(4-5-16)7-12(15)13(11)17-8-9-2-1-3-9/h6-7,9H,1-5,8,16H2. The van der Waals surface area contributed by atoms with E-state index in [0.29, 0.717) is 31.1 Å². The van der Waals surface area contributed by atoms with Gasteiger partial charge in [-0.3, -0.25) is 0 Å². The van der Waals surface area contributed by atoms with Crippen molar-refractivity contribution in [2.24, 2.45) is 11.7 Å². The van der Waals surface area contributed by atoms with Crippen LogP contribution in [0.15, 0.2) is 12.1 Å². The zero-order valence-corrected chi connectivity index (χ0v) is 9.72. The number of halogens is 2. The van der Waals surface area contributed by atoms with E-state index in [2.05, 4.69) is 0 Å². The molecule has 0 saturated heterocycles. The third kappa shape index (κ3) is 2.94. The summed E-state index contributed by atoms with van der Waals surface area (Å²) in [5.41, 5.74) is 5.91. The van der Waals surface area contributed by atoms with Crippen molar-refractivity contribution < 1.29 is 13.5 Å². The largest absolute Gasteiger partial charge is 0.487 e. The van der Waals surface area contributed by atoms with Gasteiger partial charge in [0.2, 0.25) is 0 Å². The van der Waals surface area contributed by atoms with Gasteiger partial charge in [0.05, 0.1) is 6.61 Å². The molecule has 0 radical (unpaired) electrons. The predicted molar refractivity (Wildman–Crippen MR) is 62.0 cm³/mol. The average Bonchev–Trinajstić information content (AvgIpc) is 2.20. The van der Waals surface area contributed by atoms with Crippen molar-refractivity contribution >= 4 is 0 Å². The lowest BCUT2D eigenvalue weighted by atomic mass is 9.86. The molecular formula is C13H17F2NO. The fourth-order valence-electron chi connectivity index (χ4n) is 1.92. The molecule has 2 rings (SSSR count). The molecule has 0 atom stereocenters. The molecule has 94 valence electrons. The molecule has 17 heavy (non-hydrogen) atoms. The molecule has 4 heteroatoms. The van der Waals surface area contributed by atoms with Gasteiger partial charge in [-0.1, -0.05) is 6.42 Å². The highest BCUT2D eigenvalue weighted by Gasteiger charge is 2.20. The smallest absolute Gasteiger partial charge is 0.190 e. The Balaban J connectivity index is 2.04. The third-order valence-corrected chi connectivity index (χ3v) is 3.18. The van der Waals surface area contributed by atoms with Crippen molar-refractivity contribution in [3.8, 4) is 5.75 Å². The first-order valence-corrected chi connectivity index (χ1v) is 6.01. The minimum Gasteiger partial charge on any atom is -0.487 e. The first-order valence-electron chi connectivity index (χ1n) is 6.01. The van der Waals surface area contributed by atoms with E-state index in [4.69, 9.17) is 10.5 Å². The molecule has 1 aromatic rings. The van der Waals surface area contributed by atoms with Gasteiger partial charge >= 0.3 is 0 Å². The molecule has 2 nitrogen and oxygen atoms in total. The second-order valence-electron chi connectivity index (χ2n) is 4.54. The molecule has 1 aliphatic rings. The molecule has 0 heterocycles. The van der Waals surface area contributed by atoms with Crippen LogP contribution < -0.4 is 10.5 Å². The summed E-state index contributed by atoms with van der Waals surface area (Å²) in [6.07, 6.45) is 3.84. The molecule has 1 saturated carbocycles. The summed E-state index contributed by atoms with van der Waals surface area (Å²) >= 11 is 0. The maximum absolute atomic E-state index is 13.6. The number of benzene rings is 1. The third-order valence-electron chi connectivity index (χ3n) is 3.18. The minimum absolute atomic E-state index is 0.252. The predicted octanol–water partition coefficient (Wildman–Crippen LogP) is 2.64. The van der Waals surface area contributed by atoms with Crippen molar-refractivity contribution in [2.45, 2.75) is 25.7 Å². The molecule has 0 amide bonds. The van der Waals surface area contributed by atoms with Crippen molar-refractivity contribution in [3.05, 3.63) is 29.3 Å². The molecule has 2 N–H and O–H groups in total. The Labute approximate surface area is 99.8 Å². The fraction of sp³-hybridized carbons (Fsp3) is 0.538. The van der Waals surface area contributed by atoms with Gasteiger partial charge in [-0.2, -0.15) is 0 Å². The highest BCUT2D eigenvalue weighted by molar-refractivity contribution is 5.31. The minimum atomic E-state index is -0.632. The van der Waals surface area contributed by atoms with Crippen LogP contribution in [0.25, 0.3) is 0 Å². The SMILES string of the molecule is NCCc1cc(F)c(OCC2CCC2)c(F)c1. The van der Waals surface area contributed by atoms with E-state index in [0.717, 1.165) is 12.8 Å². The van der Waals surface area contributed by atoms with Gasteiger partial charge in [-0.05, 0) is 49.4 Å². The fourth-order valence-corrected chi connectivity index (χ4v) is 1.92. The highest BCUT2D eigenvalue weighted by atomic mass is 19.1. The van der Waals surface area contributed by atoms with Gasteiger partial charge in [0.15, 0.2) is 17.4 Å². The Morgan fingerprint density at radius 1 is 1.24 bits per heavy atom. The Morgan fingerprint density at radius 3 is 2.35 bits per heavy atom. The Hall–Kier alpha value is -1.16. The maximum Gasteiger partial charge on any atom is 0.190 e. The lowest BCUT2D eigenvalue weighted by Gasteiger charge is -2.25. The molecule has 0 bridgehead atoms. The van der Waals surface area contributed by atoms with E-state index in [1.807, 2.05) is 0 Å².